The molecule has 1 aliphatic rings. The Morgan fingerprint density at radius 2 is 1.96 bits per heavy atom. The molecule has 0 aliphatic carbocycles. The zero-order chi connectivity index (χ0) is 16.8. The van der Waals surface area contributed by atoms with Crippen LogP contribution in [0.2, 0.25) is 0 Å². The lowest BCUT2D eigenvalue weighted by Crippen LogP contribution is -2.52. The molecule has 124 valence electrons. The molecule has 5 nitrogen and oxygen atoms in total. The SMILES string of the molecule is N#Cc1ccccc1N1CCN(C(=O)NCCc2cccs2)CC1. The topological polar surface area (TPSA) is 59.4 Å². The van der Waals surface area contributed by atoms with Crippen molar-refractivity contribution in [2.45, 2.75) is 6.42 Å². The van der Waals surface area contributed by atoms with Crippen molar-refractivity contribution in [3.63, 3.8) is 0 Å². The number of amides is 2. The van der Waals surface area contributed by atoms with E-state index in [1.54, 1.807) is 11.3 Å². The van der Waals surface area contributed by atoms with Gasteiger partial charge in [-0.1, -0.05) is 18.2 Å². The van der Waals surface area contributed by atoms with E-state index in [9.17, 15) is 10.1 Å². The van der Waals surface area contributed by atoms with Crippen molar-refractivity contribution >= 4 is 23.1 Å². The van der Waals surface area contributed by atoms with Gasteiger partial charge in [0.15, 0.2) is 0 Å². The first kappa shape index (κ1) is 16.3. The number of benzene rings is 1. The molecule has 0 atom stereocenters. The molecule has 1 aromatic heterocycles. The molecule has 2 aromatic rings. The molecule has 24 heavy (non-hydrogen) atoms. The number of piperazine rings is 1. The molecule has 3 rings (SSSR count). The first-order valence-corrected chi connectivity index (χ1v) is 8.95. The summed E-state index contributed by atoms with van der Waals surface area (Å²) in [6.45, 7) is 3.50. The van der Waals surface area contributed by atoms with Crippen LogP contribution in [0.1, 0.15) is 10.4 Å². The van der Waals surface area contributed by atoms with Gasteiger partial charge in [0.1, 0.15) is 6.07 Å². The van der Waals surface area contributed by atoms with E-state index in [4.69, 9.17) is 0 Å². The number of carbonyl (C=O) groups excluding carboxylic acids is 1. The average molecular weight is 340 g/mol. The highest BCUT2D eigenvalue weighted by molar-refractivity contribution is 7.09. The second kappa shape index (κ2) is 7.84. The molecule has 0 saturated carbocycles. The largest absolute Gasteiger partial charge is 0.367 e. The van der Waals surface area contributed by atoms with Gasteiger partial charge in [-0.25, -0.2) is 4.79 Å². The summed E-state index contributed by atoms with van der Waals surface area (Å²) in [5, 5.41) is 14.3. The number of hydrogen-bond acceptors (Lipinski definition) is 4. The van der Waals surface area contributed by atoms with Crippen molar-refractivity contribution in [2.24, 2.45) is 0 Å². The van der Waals surface area contributed by atoms with Crippen LogP contribution in [0.3, 0.4) is 0 Å². The van der Waals surface area contributed by atoms with Crippen LogP contribution in [0, 0.1) is 11.3 Å². The molecule has 1 fully saturated rings. The summed E-state index contributed by atoms with van der Waals surface area (Å²) >= 11 is 1.71. The normalized spacial score (nSPS) is 14.3. The van der Waals surface area contributed by atoms with E-state index in [-0.39, 0.29) is 6.03 Å². The van der Waals surface area contributed by atoms with Crippen LogP contribution in [-0.4, -0.2) is 43.7 Å². The summed E-state index contributed by atoms with van der Waals surface area (Å²) in [5.41, 5.74) is 1.64. The molecule has 0 spiro atoms. The van der Waals surface area contributed by atoms with Gasteiger partial charge in [0.25, 0.3) is 0 Å². The van der Waals surface area contributed by atoms with Crippen LogP contribution in [0.15, 0.2) is 41.8 Å². The van der Waals surface area contributed by atoms with Gasteiger partial charge in [-0.2, -0.15) is 5.26 Å². The highest BCUT2D eigenvalue weighted by atomic mass is 32.1. The highest BCUT2D eigenvalue weighted by Gasteiger charge is 2.22. The fourth-order valence-electron chi connectivity index (χ4n) is 2.85. The Hall–Kier alpha value is -2.52. The van der Waals surface area contributed by atoms with Gasteiger partial charge in [0.05, 0.1) is 11.3 Å². The fraction of sp³-hybridized carbons (Fsp3) is 0.333. The molecule has 2 heterocycles. The fourth-order valence-corrected chi connectivity index (χ4v) is 3.56. The number of nitrogens with one attached hydrogen (secondary N) is 1. The van der Waals surface area contributed by atoms with Crippen molar-refractivity contribution in [3.05, 3.63) is 52.2 Å². The molecule has 0 unspecified atom stereocenters. The maximum Gasteiger partial charge on any atom is 0.317 e. The Bertz CT molecular complexity index is 715. The van der Waals surface area contributed by atoms with E-state index >= 15 is 0 Å². The summed E-state index contributed by atoms with van der Waals surface area (Å²) in [5.74, 6) is 0. The number of thiophene rings is 1. The van der Waals surface area contributed by atoms with Gasteiger partial charge < -0.3 is 15.1 Å². The summed E-state index contributed by atoms with van der Waals surface area (Å²) in [7, 11) is 0. The van der Waals surface area contributed by atoms with E-state index in [0.717, 1.165) is 25.2 Å². The Morgan fingerprint density at radius 1 is 1.17 bits per heavy atom. The molecule has 1 aliphatic heterocycles. The van der Waals surface area contributed by atoms with Crippen molar-refractivity contribution in [1.29, 1.82) is 5.26 Å². The van der Waals surface area contributed by atoms with Crippen LogP contribution < -0.4 is 10.2 Å². The molecule has 2 amide bonds. The van der Waals surface area contributed by atoms with Crippen molar-refractivity contribution in [1.82, 2.24) is 10.2 Å². The lowest BCUT2D eigenvalue weighted by molar-refractivity contribution is 0.194. The number of rotatable bonds is 4. The first-order chi connectivity index (χ1) is 11.8. The monoisotopic (exact) mass is 340 g/mol. The summed E-state index contributed by atoms with van der Waals surface area (Å²) < 4.78 is 0. The number of carbonyl (C=O) groups is 1. The summed E-state index contributed by atoms with van der Waals surface area (Å²) in [6.07, 6.45) is 0.874. The highest BCUT2D eigenvalue weighted by Crippen LogP contribution is 2.21. The predicted molar refractivity (Wildman–Crippen MR) is 96.4 cm³/mol. The zero-order valence-corrected chi connectivity index (χ0v) is 14.3. The van der Waals surface area contributed by atoms with E-state index in [0.29, 0.717) is 25.2 Å². The number of hydrogen-bond donors (Lipinski definition) is 1. The molecule has 6 heteroatoms. The first-order valence-electron chi connectivity index (χ1n) is 8.07. The van der Waals surface area contributed by atoms with Gasteiger partial charge in [-0.15, -0.1) is 11.3 Å². The van der Waals surface area contributed by atoms with Crippen LogP contribution in [-0.2, 0) is 6.42 Å². The second-order valence-corrected chi connectivity index (χ2v) is 6.70. The molecular formula is C18H20N4OS. The van der Waals surface area contributed by atoms with Crippen molar-refractivity contribution in [3.8, 4) is 6.07 Å². The Kier molecular flexibility index (Phi) is 5.34. The van der Waals surface area contributed by atoms with Gasteiger partial charge in [-0.05, 0) is 30.0 Å². The molecule has 1 N–H and O–H groups in total. The average Bonchev–Trinajstić information content (AvgIpc) is 3.15. The quantitative estimate of drug-likeness (QED) is 0.931. The van der Waals surface area contributed by atoms with Gasteiger partial charge >= 0.3 is 6.03 Å². The zero-order valence-electron chi connectivity index (χ0n) is 13.4. The van der Waals surface area contributed by atoms with Crippen molar-refractivity contribution < 1.29 is 4.79 Å². The maximum absolute atomic E-state index is 12.2. The van der Waals surface area contributed by atoms with Gasteiger partial charge in [0.2, 0.25) is 0 Å². The van der Waals surface area contributed by atoms with E-state index in [1.807, 2.05) is 35.2 Å². The molecular weight excluding hydrogens is 320 g/mol. The summed E-state index contributed by atoms with van der Waals surface area (Å²) in [6, 6.07) is 14.0. The second-order valence-electron chi connectivity index (χ2n) is 5.66. The number of nitriles is 1. The standard InChI is InChI=1S/C18H20N4OS/c19-14-15-4-1-2-6-17(15)21-9-11-22(12-10-21)18(23)20-8-7-16-5-3-13-24-16/h1-6,13H,7-12H2,(H,20,23). The Morgan fingerprint density at radius 3 is 2.67 bits per heavy atom. The number of para-hydroxylation sites is 1. The lowest BCUT2D eigenvalue weighted by Gasteiger charge is -2.36. The molecule has 0 bridgehead atoms. The Balaban J connectivity index is 1.48. The minimum Gasteiger partial charge on any atom is -0.367 e. The number of urea groups is 1. The van der Waals surface area contributed by atoms with E-state index in [2.05, 4.69) is 27.7 Å². The van der Waals surface area contributed by atoms with Crippen LogP contribution in [0.25, 0.3) is 0 Å². The summed E-state index contributed by atoms with van der Waals surface area (Å²) in [4.78, 5) is 17.5. The molecule has 0 radical (unpaired) electrons. The van der Waals surface area contributed by atoms with Crippen LogP contribution in [0.5, 0.6) is 0 Å². The molecule has 1 saturated heterocycles. The predicted octanol–water partition coefficient (Wildman–Crippen LogP) is 2.69. The maximum atomic E-state index is 12.2. The third kappa shape index (κ3) is 3.87. The van der Waals surface area contributed by atoms with Gasteiger partial charge in [0, 0.05) is 37.6 Å². The van der Waals surface area contributed by atoms with Crippen LogP contribution in [0.4, 0.5) is 10.5 Å². The van der Waals surface area contributed by atoms with E-state index < -0.39 is 0 Å². The van der Waals surface area contributed by atoms with Crippen molar-refractivity contribution in [2.75, 3.05) is 37.6 Å². The number of nitrogens with zero attached hydrogens (tertiary/aromatic N) is 3. The van der Waals surface area contributed by atoms with Gasteiger partial charge in [-0.3, -0.25) is 0 Å². The lowest BCUT2D eigenvalue weighted by atomic mass is 10.1. The third-order valence-electron chi connectivity index (χ3n) is 4.16. The van der Waals surface area contributed by atoms with E-state index in [1.165, 1.54) is 4.88 Å². The van der Waals surface area contributed by atoms with Crippen LogP contribution >= 0.6 is 11.3 Å². The third-order valence-corrected chi connectivity index (χ3v) is 5.10. The molecule has 1 aromatic carbocycles. The smallest absolute Gasteiger partial charge is 0.317 e. The Labute approximate surface area is 146 Å². The minimum absolute atomic E-state index is 0.000209. The number of anilines is 1. The minimum atomic E-state index is -0.000209.